The number of nitrogens with zero attached hydrogens (tertiary/aromatic N) is 2. The quantitative estimate of drug-likeness (QED) is 0.360. The highest BCUT2D eigenvalue weighted by Crippen LogP contribution is 1.93. The third kappa shape index (κ3) is 10.2. The number of halogens is 2. The van der Waals surface area contributed by atoms with Crippen molar-refractivity contribution in [3.8, 4) is 0 Å². The Bertz CT molecular complexity index is 256. The average molecular weight is 335 g/mol. The Kier molecular flexibility index (Phi) is 18.0. The summed E-state index contributed by atoms with van der Waals surface area (Å²) >= 11 is 0. The summed E-state index contributed by atoms with van der Waals surface area (Å²) in [5.74, 6) is 0.250. The summed E-state index contributed by atoms with van der Waals surface area (Å²) in [4.78, 5) is 8.01. The van der Waals surface area contributed by atoms with Crippen LogP contribution in [0.2, 0.25) is 0 Å². The van der Waals surface area contributed by atoms with Gasteiger partial charge in [-0.25, -0.2) is 0 Å². The summed E-state index contributed by atoms with van der Waals surface area (Å²) in [6.07, 6.45) is -0.913. The zero-order valence-electron chi connectivity index (χ0n) is 12.1. The maximum absolute atomic E-state index is 5.65. The van der Waals surface area contributed by atoms with Crippen molar-refractivity contribution in [2.45, 2.75) is 12.6 Å². The van der Waals surface area contributed by atoms with Gasteiger partial charge in [0.1, 0.15) is 0 Å². The summed E-state index contributed by atoms with van der Waals surface area (Å²) in [6.45, 7) is 0.486. The minimum Gasteiger partial charge on any atom is -0.381 e. The third-order valence-electron chi connectivity index (χ3n) is 2.14. The highest BCUT2D eigenvalue weighted by molar-refractivity contribution is 6.39. The second-order valence-corrected chi connectivity index (χ2v) is 3.25. The molecule has 0 aliphatic carbocycles. The van der Waals surface area contributed by atoms with Crippen LogP contribution in [-0.2, 0) is 18.9 Å². The van der Waals surface area contributed by atoms with E-state index in [9.17, 15) is 0 Å². The van der Waals surface area contributed by atoms with Crippen LogP contribution < -0.4 is 11.5 Å². The fourth-order valence-corrected chi connectivity index (χ4v) is 0.998. The van der Waals surface area contributed by atoms with Crippen molar-refractivity contribution < 1.29 is 18.9 Å². The molecule has 0 aliphatic rings. The summed E-state index contributed by atoms with van der Waals surface area (Å²) in [6, 6.07) is 0. The van der Waals surface area contributed by atoms with Gasteiger partial charge in [-0.1, -0.05) is 0 Å². The Hall–Kier alpha value is -0.640. The standard InChI is InChI=1S/C10H22N4O4.2ClH/c1-15-7(16-2)5-13-9(11)10(12)14-6-8(17-3)18-4;;/h7-8H,5-6H2,1-4H3,(H2,11,13)(H2,12,14);2*1H. The van der Waals surface area contributed by atoms with E-state index in [1.54, 1.807) is 0 Å². The van der Waals surface area contributed by atoms with Crippen molar-refractivity contribution in [2.24, 2.45) is 21.5 Å². The monoisotopic (exact) mass is 334 g/mol. The maximum Gasteiger partial charge on any atom is 0.176 e. The van der Waals surface area contributed by atoms with Gasteiger partial charge in [0.2, 0.25) is 0 Å². The topological polar surface area (TPSA) is 114 Å². The Balaban J connectivity index is -0.00000144. The van der Waals surface area contributed by atoms with E-state index in [0.717, 1.165) is 0 Å². The van der Waals surface area contributed by atoms with Crippen molar-refractivity contribution in [1.82, 2.24) is 0 Å². The van der Waals surface area contributed by atoms with Crippen molar-refractivity contribution >= 4 is 36.5 Å². The molecule has 0 bridgehead atoms. The van der Waals surface area contributed by atoms with Gasteiger partial charge in [-0.3, -0.25) is 9.98 Å². The van der Waals surface area contributed by atoms with Crippen LogP contribution in [0.4, 0.5) is 0 Å². The molecule has 0 atom stereocenters. The number of rotatable bonds is 8. The van der Waals surface area contributed by atoms with Gasteiger partial charge in [-0.15, -0.1) is 24.8 Å². The van der Waals surface area contributed by atoms with Gasteiger partial charge in [0.25, 0.3) is 0 Å². The molecule has 0 aromatic heterocycles. The molecule has 0 spiro atoms. The molecule has 8 nitrogen and oxygen atoms in total. The Morgan fingerprint density at radius 2 is 1.00 bits per heavy atom. The Morgan fingerprint density at radius 3 is 1.20 bits per heavy atom. The lowest BCUT2D eigenvalue weighted by Crippen LogP contribution is -2.34. The molecule has 0 aromatic carbocycles. The predicted molar refractivity (Wildman–Crippen MR) is 83.1 cm³/mol. The number of hydrogen-bond donors (Lipinski definition) is 2. The van der Waals surface area contributed by atoms with Crippen LogP contribution >= 0.6 is 24.8 Å². The van der Waals surface area contributed by atoms with E-state index in [1.165, 1.54) is 28.4 Å². The SMILES string of the molecule is COC(CN=C(N)C(N)=NCC(OC)OC)OC.Cl.Cl. The number of nitrogens with two attached hydrogens (primary N) is 2. The van der Waals surface area contributed by atoms with Crippen LogP contribution in [-0.4, -0.2) is 65.8 Å². The van der Waals surface area contributed by atoms with E-state index in [2.05, 4.69) is 9.98 Å². The zero-order valence-corrected chi connectivity index (χ0v) is 13.7. The van der Waals surface area contributed by atoms with Crippen LogP contribution in [0.5, 0.6) is 0 Å². The first kappa shape index (κ1) is 24.4. The number of ether oxygens (including phenoxy) is 4. The smallest absolute Gasteiger partial charge is 0.176 e. The number of amidine groups is 2. The summed E-state index contributed by atoms with van der Waals surface area (Å²) < 4.78 is 19.8. The minimum absolute atomic E-state index is 0. The lowest BCUT2D eigenvalue weighted by Gasteiger charge is -2.11. The van der Waals surface area contributed by atoms with E-state index in [1.807, 2.05) is 0 Å². The predicted octanol–water partition coefficient (Wildman–Crippen LogP) is -0.218. The van der Waals surface area contributed by atoms with E-state index in [4.69, 9.17) is 30.4 Å². The van der Waals surface area contributed by atoms with Crippen LogP contribution in [0.1, 0.15) is 0 Å². The lowest BCUT2D eigenvalue weighted by atomic mass is 10.5. The van der Waals surface area contributed by atoms with Crippen LogP contribution in [0.25, 0.3) is 0 Å². The van der Waals surface area contributed by atoms with E-state index < -0.39 is 12.6 Å². The molecular weight excluding hydrogens is 311 g/mol. The largest absolute Gasteiger partial charge is 0.381 e. The second-order valence-electron chi connectivity index (χ2n) is 3.25. The molecule has 0 saturated heterocycles. The summed E-state index contributed by atoms with van der Waals surface area (Å²) in [5, 5.41) is 0. The molecular formula is C10H24Cl2N4O4. The molecule has 0 unspecified atom stereocenters. The molecule has 10 heteroatoms. The van der Waals surface area contributed by atoms with Gasteiger partial charge in [0.15, 0.2) is 24.3 Å². The molecule has 0 aliphatic heterocycles. The van der Waals surface area contributed by atoms with Crippen LogP contribution in [0, 0.1) is 0 Å². The Labute approximate surface area is 131 Å². The van der Waals surface area contributed by atoms with E-state index >= 15 is 0 Å². The summed E-state index contributed by atoms with van der Waals surface area (Å²) in [5.41, 5.74) is 11.3. The average Bonchev–Trinajstić information content (AvgIpc) is 2.40. The Morgan fingerprint density at radius 1 is 0.750 bits per heavy atom. The molecule has 4 N–H and O–H groups in total. The van der Waals surface area contributed by atoms with Crippen molar-refractivity contribution in [2.75, 3.05) is 41.5 Å². The van der Waals surface area contributed by atoms with E-state index in [0.29, 0.717) is 0 Å². The van der Waals surface area contributed by atoms with Gasteiger partial charge in [-0.05, 0) is 0 Å². The highest BCUT2D eigenvalue weighted by Gasteiger charge is 2.07. The van der Waals surface area contributed by atoms with Crippen molar-refractivity contribution in [3.05, 3.63) is 0 Å². The normalized spacial score (nSPS) is 12.3. The molecule has 0 rings (SSSR count). The molecule has 0 radical (unpaired) electrons. The van der Waals surface area contributed by atoms with Gasteiger partial charge in [0.05, 0.1) is 13.1 Å². The third-order valence-corrected chi connectivity index (χ3v) is 2.14. The molecule has 0 aromatic rings. The highest BCUT2D eigenvalue weighted by atomic mass is 35.5. The lowest BCUT2D eigenvalue weighted by molar-refractivity contribution is -0.0939. The van der Waals surface area contributed by atoms with E-state index in [-0.39, 0.29) is 49.6 Å². The molecule has 0 fully saturated rings. The first-order chi connectivity index (χ1) is 8.58. The van der Waals surface area contributed by atoms with Gasteiger partial charge in [-0.2, -0.15) is 0 Å². The summed E-state index contributed by atoms with van der Waals surface area (Å²) in [7, 11) is 6.05. The van der Waals surface area contributed by atoms with Gasteiger partial charge in [0, 0.05) is 28.4 Å². The maximum atomic E-state index is 5.65. The minimum atomic E-state index is -0.456. The second kappa shape index (κ2) is 14.8. The molecule has 0 saturated carbocycles. The molecule has 122 valence electrons. The van der Waals surface area contributed by atoms with Crippen molar-refractivity contribution in [1.29, 1.82) is 0 Å². The van der Waals surface area contributed by atoms with Crippen molar-refractivity contribution in [3.63, 3.8) is 0 Å². The van der Waals surface area contributed by atoms with Crippen LogP contribution in [0.15, 0.2) is 9.98 Å². The number of methoxy groups -OCH3 is 4. The first-order valence-electron chi connectivity index (χ1n) is 5.30. The number of hydrogen-bond acceptors (Lipinski definition) is 6. The molecule has 0 amide bonds. The number of aliphatic imine (C=N–C) groups is 2. The van der Waals surface area contributed by atoms with Gasteiger partial charge < -0.3 is 30.4 Å². The zero-order chi connectivity index (χ0) is 14.0. The van der Waals surface area contributed by atoms with Crippen LogP contribution in [0.3, 0.4) is 0 Å². The fraction of sp³-hybridized carbons (Fsp3) is 0.800. The fourth-order valence-electron chi connectivity index (χ4n) is 0.998. The van der Waals surface area contributed by atoms with Gasteiger partial charge >= 0.3 is 0 Å². The first-order valence-corrected chi connectivity index (χ1v) is 5.30. The molecule has 0 heterocycles. The molecule has 20 heavy (non-hydrogen) atoms.